The quantitative estimate of drug-likeness (QED) is 0.169. The summed E-state index contributed by atoms with van der Waals surface area (Å²) in [7, 11) is 0. The van der Waals surface area contributed by atoms with Gasteiger partial charge in [-0.25, -0.2) is 9.97 Å². The van der Waals surface area contributed by atoms with Crippen LogP contribution < -0.4 is 0 Å². The predicted octanol–water partition coefficient (Wildman–Crippen LogP) is 15.2. The van der Waals surface area contributed by atoms with Crippen LogP contribution in [0.1, 0.15) is 0 Å². The summed E-state index contributed by atoms with van der Waals surface area (Å²) in [5, 5.41) is 5.11. The number of fused-ring (bicyclic) bond motifs is 6. The van der Waals surface area contributed by atoms with E-state index in [1.165, 1.54) is 62.6 Å². The van der Waals surface area contributed by atoms with Gasteiger partial charge in [0.1, 0.15) is 0 Å². The van der Waals surface area contributed by atoms with Crippen LogP contribution in [0, 0.1) is 0 Å². The molecule has 0 N–H and O–H groups in total. The second-order valence-electron chi connectivity index (χ2n) is 14.2. The molecule has 0 radical (unpaired) electrons. The van der Waals surface area contributed by atoms with E-state index in [2.05, 4.69) is 188 Å². The third-order valence-electron chi connectivity index (χ3n) is 10.7. The Morgan fingerprint density at radius 2 is 0.732 bits per heavy atom. The van der Waals surface area contributed by atoms with Crippen LogP contribution in [0.4, 0.5) is 0 Å². The maximum Gasteiger partial charge on any atom is 0.160 e. The Bertz CT molecular complexity index is 3250. The van der Waals surface area contributed by atoms with Crippen LogP contribution in [-0.4, -0.2) is 9.97 Å². The van der Waals surface area contributed by atoms with Crippen molar-refractivity contribution in [2.75, 3.05) is 0 Å². The van der Waals surface area contributed by atoms with Crippen LogP contribution >= 0.6 is 22.7 Å². The summed E-state index contributed by atoms with van der Waals surface area (Å²) in [5.41, 5.74) is 11.9. The van der Waals surface area contributed by atoms with E-state index in [9.17, 15) is 0 Å². The van der Waals surface area contributed by atoms with Gasteiger partial charge in [0.2, 0.25) is 0 Å². The molecule has 3 aromatic heterocycles. The molecule has 262 valence electrons. The summed E-state index contributed by atoms with van der Waals surface area (Å²) in [5.74, 6) is 0.705. The van der Waals surface area contributed by atoms with Crippen molar-refractivity contribution in [2.24, 2.45) is 0 Å². The van der Waals surface area contributed by atoms with Gasteiger partial charge in [-0.3, -0.25) is 0 Å². The van der Waals surface area contributed by atoms with Gasteiger partial charge < -0.3 is 0 Å². The molecule has 2 nitrogen and oxygen atoms in total. The van der Waals surface area contributed by atoms with E-state index in [-0.39, 0.29) is 0 Å². The van der Waals surface area contributed by atoms with Crippen molar-refractivity contribution in [1.29, 1.82) is 0 Å². The topological polar surface area (TPSA) is 25.8 Å². The zero-order valence-electron chi connectivity index (χ0n) is 30.2. The molecule has 0 unspecified atom stereocenters. The van der Waals surface area contributed by atoms with Crippen LogP contribution in [0.2, 0.25) is 0 Å². The molecule has 0 saturated heterocycles. The van der Waals surface area contributed by atoms with E-state index in [4.69, 9.17) is 9.97 Å². The lowest BCUT2D eigenvalue weighted by molar-refractivity contribution is 1.18. The molecule has 0 spiro atoms. The van der Waals surface area contributed by atoms with Crippen LogP contribution in [0.25, 0.3) is 108 Å². The molecular formula is C52H32N2S2. The molecule has 0 fully saturated rings. The number of thiophene rings is 2. The van der Waals surface area contributed by atoms with Crippen molar-refractivity contribution in [3.05, 3.63) is 194 Å². The lowest BCUT2D eigenvalue weighted by Gasteiger charge is -2.15. The highest BCUT2D eigenvalue weighted by Crippen LogP contribution is 2.42. The number of rotatable bonds is 6. The van der Waals surface area contributed by atoms with Gasteiger partial charge >= 0.3 is 0 Å². The first kappa shape index (κ1) is 32.7. The van der Waals surface area contributed by atoms with Gasteiger partial charge in [-0.05, 0) is 94.0 Å². The molecule has 0 amide bonds. The van der Waals surface area contributed by atoms with Crippen LogP contribution in [0.5, 0.6) is 0 Å². The smallest absolute Gasteiger partial charge is 0.160 e. The third kappa shape index (κ3) is 5.79. The highest BCUT2D eigenvalue weighted by molar-refractivity contribution is 7.26. The van der Waals surface area contributed by atoms with Gasteiger partial charge in [-0.15, -0.1) is 22.7 Å². The first-order valence-electron chi connectivity index (χ1n) is 18.8. The Labute approximate surface area is 332 Å². The van der Waals surface area contributed by atoms with Gasteiger partial charge in [-0.2, -0.15) is 0 Å². The number of nitrogens with zero attached hydrogens (tertiary/aromatic N) is 2. The molecule has 0 aliphatic rings. The molecule has 0 aliphatic carbocycles. The first-order chi connectivity index (χ1) is 27.7. The molecule has 56 heavy (non-hydrogen) atoms. The van der Waals surface area contributed by atoms with Gasteiger partial charge in [0, 0.05) is 57.0 Å². The number of hydrogen-bond acceptors (Lipinski definition) is 4. The fourth-order valence-electron chi connectivity index (χ4n) is 7.95. The standard InChI is InChI=1S/C52H32N2S2/c1-3-13-33(14-4-1)40-17-7-8-18-41(40)38-27-37(35-23-25-50-44(30-35)42-19-9-11-21-48(42)55-50)28-39(29-38)47-32-46(53-52(54-47)34-15-5-2-6-16-34)36-24-26-51-45(31-36)43-20-10-12-22-49(43)56-51/h1-32H. The van der Waals surface area contributed by atoms with Crippen molar-refractivity contribution in [1.82, 2.24) is 9.97 Å². The average molecular weight is 749 g/mol. The van der Waals surface area contributed by atoms with Crippen molar-refractivity contribution < 1.29 is 0 Å². The molecule has 0 saturated carbocycles. The molecule has 8 aromatic carbocycles. The van der Waals surface area contributed by atoms with Crippen molar-refractivity contribution in [2.45, 2.75) is 0 Å². The zero-order chi connectivity index (χ0) is 37.0. The van der Waals surface area contributed by atoms with E-state index in [0.29, 0.717) is 5.82 Å². The lowest BCUT2D eigenvalue weighted by atomic mass is 9.90. The summed E-state index contributed by atoms with van der Waals surface area (Å²) in [6.07, 6.45) is 0. The molecule has 4 heteroatoms. The summed E-state index contributed by atoms with van der Waals surface area (Å²) in [6.45, 7) is 0. The van der Waals surface area contributed by atoms with Crippen molar-refractivity contribution in [3.63, 3.8) is 0 Å². The van der Waals surface area contributed by atoms with E-state index < -0.39 is 0 Å². The Hall–Kier alpha value is -6.72. The monoisotopic (exact) mass is 748 g/mol. The maximum absolute atomic E-state index is 5.33. The Morgan fingerprint density at radius 3 is 1.39 bits per heavy atom. The second kappa shape index (κ2) is 13.5. The minimum Gasteiger partial charge on any atom is -0.228 e. The summed E-state index contributed by atoms with van der Waals surface area (Å²) in [4.78, 5) is 10.6. The van der Waals surface area contributed by atoms with Gasteiger partial charge in [0.15, 0.2) is 5.82 Å². The highest BCUT2D eigenvalue weighted by Gasteiger charge is 2.17. The normalized spacial score (nSPS) is 11.6. The Balaban J connectivity index is 1.15. The SMILES string of the molecule is c1ccc(-c2nc(-c3cc(-c4ccc5sc6ccccc6c5c4)cc(-c4ccccc4-c4ccccc4)c3)cc(-c3ccc4sc5ccccc5c4c3)n2)cc1. The van der Waals surface area contributed by atoms with Crippen molar-refractivity contribution in [3.8, 4) is 67.3 Å². The Kier molecular flexibility index (Phi) is 7.90. The lowest BCUT2D eigenvalue weighted by Crippen LogP contribution is -1.97. The number of benzene rings is 8. The predicted molar refractivity (Wildman–Crippen MR) is 240 cm³/mol. The third-order valence-corrected chi connectivity index (χ3v) is 13.0. The van der Waals surface area contributed by atoms with E-state index in [0.717, 1.165) is 39.2 Å². The summed E-state index contributed by atoms with van der Waals surface area (Å²) in [6, 6.07) is 69.9. The van der Waals surface area contributed by atoms with Gasteiger partial charge in [0.25, 0.3) is 0 Å². The van der Waals surface area contributed by atoms with Gasteiger partial charge in [0.05, 0.1) is 11.4 Å². The van der Waals surface area contributed by atoms with Crippen LogP contribution in [0.15, 0.2) is 194 Å². The second-order valence-corrected chi connectivity index (χ2v) is 16.3. The largest absolute Gasteiger partial charge is 0.228 e. The molecule has 0 aliphatic heterocycles. The van der Waals surface area contributed by atoms with Crippen molar-refractivity contribution >= 4 is 63.0 Å². The molecule has 0 atom stereocenters. The van der Waals surface area contributed by atoms with Gasteiger partial charge in [-0.1, -0.05) is 133 Å². The van der Waals surface area contributed by atoms with Crippen LogP contribution in [0.3, 0.4) is 0 Å². The highest BCUT2D eigenvalue weighted by atomic mass is 32.1. The average Bonchev–Trinajstić information content (AvgIpc) is 3.84. The zero-order valence-corrected chi connectivity index (χ0v) is 31.8. The minimum atomic E-state index is 0.705. The molecule has 11 rings (SSSR count). The number of aromatic nitrogens is 2. The molecule has 3 heterocycles. The summed E-state index contributed by atoms with van der Waals surface area (Å²) >= 11 is 3.68. The fourth-order valence-corrected chi connectivity index (χ4v) is 10.1. The molecular weight excluding hydrogens is 717 g/mol. The summed E-state index contributed by atoms with van der Waals surface area (Å²) < 4.78 is 5.17. The fraction of sp³-hybridized carbons (Fsp3) is 0. The first-order valence-corrected chi connectivity index (χ1v) is 20.4. The van der Waals surface area contributed by atoms with Crippen LogP contribution in [-0.2, 0) is 0 Å². The van der Waals surface area contributed by atoms with E-state index in [1.807, 2.05) is 28.7 Å². The molecule has 11 aromatic rings. The Morgan fingerprint density at radius 1 is 0.268 bits per heavy atom. The van der Waals surface area contributed by atoms with E-state index >= 15 is 0 Å². The minimum absolute atomic E-state index is 0.705. The van der Waals surface area contributed by atoms with E-state index in [1.54, 1.807) is 0 Å². The maximum atomic E-state index is 5.33. The molecule has 0 bridgehead atoms. The number of hydrogen-bond donors (Lipinski definition) is 0.